The Labute approximate surface area is 45.4 Å². The first-order valence-corrected chi connectivity index (χ1v) is 2.11. The summed E-state index contributed by atoms with van der Waals surface area (Å²) in [6.07, 6.45) is 2.94. The van der Waals surface area contributed by atoms with Gasteiger partial charge in [0, 0.05) is 0 Å². The van der Waals surface area contributed by atoms with Crippen LogP contribution < -0.4 is 4.98 Å². The smallest absolute Gasteiger partial charge is 0.253 e. The first-order chi connectivity index (χ1) is 3.39. The van der Waals surface area contributed by atoms with Crippen LogP contribution in [-0.2, 0) is 0 Å². The third-order valence-corrected chi connectivity index (χ3v) is 0.686. The Bertz CT molecular complexity index is 140. The van der Waals surface area contributed by atoms with E-state index in [1.807, 2.05) is 0 Å². The third kappa shape index (κ3) is 1.08. The Kier molecular flexibility index (Phi) is 1.17. The van der Waals surface area contributed by atoms with Crippen LogP contribution in [0.5, 0.6) is 0 Å². The molecule has 1 rings (SSSR count). The molecule has 0 saturated heterocycles. The standard InChI is InChI=1S/C3H2ClN3/c4-3-6-1-5-2-7-3/h1-2H/p+1. The van der Waals surface area contributed by atoms with E-state index in [1.54, 1.807) is 0 Å². The molecule has 1 aromatic heterocycles. The van der Waals surface area contributed by atoms with Gasteiger partial charge in [0.2, 0.25) is 12.7 Å². The number of nitrogens with zero attached hydrogens (tertiary/aromatic N) is 2. The van der Waals surface area contributed by atoms with Crippen molar-refractivity contribution >= 4 is 11.6 Å². The van der Waals surface area contributed by atoms with E-state index in [9.17, 15) is 0 Å². The molecule has 0 bridgehead atoms. The second-order valence-corrected chi connectivity index (χ2v) is 1.29. The zero-order chi connectivity index (χ0) is 5.11. The molecule has 1 aromatic rings. The van der Waals surface area contributed by atoms with Crippen LogP contribution >= 0.6 is 11.6 Å². The number of aromatic amines is 1. The number of hydrogen-bond donors (Lipinski definition) is 0. The van der Waals surface area contributed by atoms with Crippen molar-refractivity contribution < 1.29 is 4.98 Å². The molecule has 36 valence electrons. The Morgan fingerprint density at radius 2 is 2.00 bits per heavy atom. The summed E-state index contributed by atoms with van der Waals surface area (Å²) in [5.74, 6) is 0. The zero-order valence-corrected chi connectivity index (χ0v) is 4.18. The zero-order valence-electron chi connectivity index (χ0n) is 3.43. The summed E-state index contributed by atoms with van der Waals surface area (Å²) >= 11 is 5.30. The molecule has 0 amide bonds. The maximum absolute atomic E-state index is 5.30. The summed E-state index contributed by atoms with van der Waals surface area (Å²) in [6.45, 7) is 0. The molecule has 1 N–H and O–H groups in total. The number of hydrogen-bond acceptors (Lipinski definition) is 2. The van der Waals surface area contributed by atoms with Crippen molar-refractivity contribution in [1.82, 2.24) is 9.97 Å². The molecule has 0 atom stereocenters. The van der Waals surface area contributed by atoms with E-state index in [1.165, 1.54) is 12.7 Å². The fourth-order valence-corrected chi connectivity index (χ4v) is 0.345. The fraction of sp³-hybridized carbons (Fsp3) is 0. The maximum atomic E-state index is 5.30. The average Bonchev–Trinajstić information content (AvgIpc) is 1.69. The molecule has 7 heavy (non-hydrogen) atoms. The van der Waals surface area contributed by atoms with Crippen LogP contribution in [0.15, 0.2) is 12.7 Å². The maximum Gasteiger partial charge on any atom is 0.371 e. The molecule has 3 nitrogen and oxygen atoms in total. The second-order valence-electron chi connectivity index (χ2n) is 0.952. The van der Waals surface area contributed by atoms with E-state index in [0.29, 0.717) is 0 Å². The van der Waals surface area contributed by atoms with Crippen molar-refractivity contribution in [3.8, 4) is 0 Å². The predicted molar refractivity (Wildman–Crippen MR) is 23.6 cm³/mol. The Morgan fingerprint density at radius 3 is 2.29 bits per heavy atom. The minimum Gasteiger partial charge on any atom is -0.253 e. The van der Waals surface area contributed by atoms with Crippen LogP contribution in [0.2, 0.25) is 5.28 Å². The lowest BCUT2D eigenvalue weighted by Crippen LogP contribution is -2.01. The Balaban J connectivity index is 3.02. The highest BCUT2D eigenvalue weighted by molar-refractivity contribution is 6.28. The van der Waals surface area contributed by atoms with Crippen LogP contribution in [0.25, 0.3) is 0 Å². The monoisotopic (exact) mass is 116 g/mol. The van der Waals surface area contributed by atoms with Gasteiger partial charge in [0.05, 0.1) is 0 Å². The molecule has 0 saturated carbocycles. The van der Waals surface area contributed by atoms with Crippen LogP contribution in [0.1, 0.15) is 0 Å². The van der Waals surface area contributed by atoms with Crippen molar-refractivity contribution in [3.63, 3.8) is 0 Å². The van der Waals surface area contributed by atoms with E-state index in [4.69, 9.17) is 11.6 Å². The molecule has 1 heterocycles. The molecule has 0 fully saturated rings. The highest BCUT2D eigenvalue weighted by Gasteiger charge is 1.90. The van der Waals surface area contributed by atoms with Crippen LogP contribution in [-0.4, -0.2) is 9.97 Å². The number of H-pyrrole nitrogens is 1. The lowest BCUT2D eigenvalue weighted by atomic mass is 11.1. The van der Waals surface area contributed by atoms with Gasteiger partial charge in [-0.25, -0.2) is 0 Å². The topological polar surface area (TPSA) is 39.9 Å². The molecule has 0 spiro atoms. The third-order valence-electron chi connectivity index (χ3n) is 0.491. The largest absolute Gasteiger partial charge is 0.371 e. The average molecular weight is 117 g/mol. The first kappa shape index (κ1) is 4.46. The van der Waals surface area contributed by atoms with Gasteiger partial charge in [-0.1, -0.05) is 9.97 Å². The van der Waals surface area contributed by atoms with Crippen molar-refractivity contribution in [2.24, 2.45) is 0 Å². The summed E-state index contributed by atoms with van der Waals surface area (Å²) in [6, 6.07) is 0. The molecule has 0 aromatic carbocycles. The van der Waals surface area contributed by atoms with Gasteiger partial charge in [-0.3, -0.25) is 4.98 Å². The first-order valence-electron chi connectivity index (χ1n) is 1.73. The van der Waals surface area contributed by atoms with Crippen molar-refractivity contribution in [3.05, 3.63) is 17.9 Å². The van der Waals surface area contributed by atoms with Gasteiger partial charge in [-0.15, -0.1) is 0 Å². The molecule has 0 radical (unpaired) electrons. The highest BCUT2D eigenvalue weighted by atomic mass is 35.5. The minimum atomic E-state index is 0.263. The molecular formula is C3H3ClN3+. The van der Waals surface area contributed by atoms with Gasteiger partial charge in [0.1, 0.15) is 0 Å². The lowest BCUT2D eigenvalue weighted by Gasteiger charge is -1.67. The van der Waals surface area contributed by atoms with Crippen molar-refractivity contribution in [1.29, 1.82) is 0 Å². The van der Waals surface area contributed by atoms with Crippen LogP contribution in [0, 0.1) is 0 Å². The lowest BCUT2D eigenvalue weighted by molar-refractivity contribution is -0.387. The number of aromatic nitrogens is 3. The molecular weight excluding hydrogens is 114 g/mol. The summed E-state index contributed by atoms with van der Waals surface area (Å²) in [5, 5.41) is 0.263. The quantitative estimate of drug-likeness (QED) is 0.477. The van der Waals surface area contributed by atoms with Crippen molar-refractivity contribution in [2.45, 2.75) is 0 Å². The Hall–Kier alpha value is -0.700. The van der Waals surface area contributed by atoms with E-state index in [0.717, 1.165) is 0 Å². The van der Waals surface area contributed by atoms with E-state index < -0.39 is 0 Å². The molecule has 0 aliphatic rings. The van der Waals surface area contributed by atoms with Gasteiger partial charge >= 0.3 is 5.28 Å². The van der Waals surface area contributed by atoms with Gasteiger partial charge in [-0.2, -0.15) is 0 Å². The molecule has 0 aliphatic carbocycles. The summed E-state index contributed by atoms with van der Waals surface area (Å²) in [4.78, 5) is 9.78. The Morgan fingerprint density at radius 1 is 1.43 bits per heavy atom. The fourth-order valence-electron chi connectivity index (χ4n) is 0.248. The van der Waals surface area contributed by atoms with Gasteiger partial charge in [0.15, 0.2) is 0 Å². The molecule has 0 aliphatic heterocycles. The van der Waals surface area contributed by atoms with Crippen molar-refractivity contribution in [2.75, 3.05) is 0 Å². The van der Waals surface area contributed by atoms with E-state index in [-0.39, 0.29) is 5.28 Å². The van der Waals surface area contributed by atoms with Gasteiger partial charge in [-0.05, 0) is 11.6 Å². The summed E-state index contributed by atoms with van der Waals surface area (Å²) in [5.41, 5.74) is 0. The summed E-state index contributed by atoms with van der Waals surface area (Å²) < 4.78 is 0. The highest BCUT2D eigenvalue weighted by Crippen LogP contribution is 1.88. The van der Waals surface area contributed by atoms with Gasteiger partial charge < -0.3 is 0 Å². The summed E-state index contributed by atoms with van der Waals surface area (Å²) in [7, 11) is 0. The molecule has 4 heteroatoms. The van der Waals surface area contributed by atoms with Crippen LogP contribution in [0.3, 0.4) is 0 Å². The van der Waals surface area contributed by atoms with E-state index in [2.05, 4.69) is 15.0 Å². The number of rotatable bonds is 0. The molecule has 0 unspecified atom stereocenters. The number of halogens is 1. The number of nitrogens with one attached hydrogen (secondary N) is 1. The normalized spacial score (nSPS) is 8.71. The minimum absolute atomic E-state index is 0.263. The van der Waals surface area contributed by atoms with Gasteiger partial charge in [0.25, 0.3) is 0 Å². The van der Waals surface area contributed by atoms with E-state index >= 15 is 0 Å². The second kappa shape index (κ2) is 1.84. The predicted octanol–water partition coefficient (Wildman–Crippen LogP) is -0.0559. The SMILES string of the molecule is Clc1nc[nH+]cn1. The van der Waals surface area contributed by atoms with Crippen LogP contribution in [0.4, 0.5) is 0 Å².